The minimum absolute atomic E-state index is 0.0122. The van der Waals surface area contributed by atoms with Crippen molar-refractivity contribution in [3.05, 3.63) is 46.1 Å². The van der Waals surface area contributed by atoms with Crippen LogP contribution in [-0.4, -0.2) is 28.7 Å². The van der Waals surface area contributed by atoms with Gasteiger partial charge in [0.05, 0.1) is 16.1 Å². The van der Waals surface area contributed by atoms with E-state index < -0.39 is 17.6 Å². The third-order valence-electron chi connectivity index (χ3n) is 5.51. The molecule has 1 amide bonds. The number of halogens is 4. The van der Waals surface area contributed by atoms with Crippen molar-refractivity contribution in [2.24, 2.45) is 5.92 Å². The average molecular weight is 443 g/mol. The molecule has 0 bridgehead atoms. The number of nitrogens with one attached hydrogen (secondary N) is 3. The van der Waals surface area contributed by atoms with Gasteiger partial charge >= 0.3 is 6.18 Å². The first-order valence-corrected chi connectivity index (χ1v) is 10.5. The van der Waals surface area contributed by atoms with Crippen LogP contribution in [0.2, 0.25) is 5.02 Å². The van der Waals surface area contributed by atoms with Crippen LogP contribution in [0.3, 0.4) is 0 Å². The minimum atomic E-state index is -4.52. The van der Waals surface area contributed by atoms with Crippen LogP contribution in [-0.2, 0) is 6.18 Å². The lowest BCUT2D eigenvalue weighted by Crippen LogP contribution is -2.38. The Balaban J connectivity index is 1.49. The second-order valence-corrected chi connectivity index (χ2v) is 8.53. The van der Waals surface area contributed by atoms with Crippen LogP contribution in [0.5, 0.6) is 0 Å². The van der Waals surface area contributed by atoms with Crippen LogP contribution in [0.1, 0.15) is 67.1 Å². The third kappa shape index (κ3) is 5.68. The number of anilines is 1. The summed E-state index contributed by atoms with van der Waals surface area (Å²) < 4.78 is 38.7. The summed E-state index contributed by atoms with van der Waals surface area (Å²) in [7, 11) is 0. The molecule has 1 aromatic carbocycles. The summed E-state index contributed by atoms with van der Waals surface area (Å²) in [6.45, 7) is 4.99. The number of hydrogen-bond acceptors (Lipinski definition) is 3. The molecule has 1 heterocycles. The van der Waals surface area contributed by atoms with E-state index in [9.17, 15) is 18.0 Å². The van der Waals surface area contributed by atoms with Crippen molar-refractivity contribution in [3.63, 3.8) is 0 Å². The molecule has 164 valence electrons. The van der Waals surface area contributed by atoms with Gasteiger partial charge in [0.1, 0.15) is 5.82 Å². The fourth-order valence-electron chi connectivity index (χ4n) is 3.62. The van der Waals surface area contributed by atoms with Gasteiger partial charge in [-0.15, -0.1) is 0 Å². The topological polar surface area (TPSA) is 69.8 Å². The maximum atomic E-state index is 12.9. The Bertz CT molecular complexity index is 873. The number of aromatic amines is 1. The first kappa shape index (κ1) is 22.5. The number of hydrogen-bond donors (Lipinski definition) is 3. The number of aromatic nitrogens is 2. The van der Waals surface area contributed by atoms with Crippen molar-refractivity contribution in [2.45, 2.75) is 57.7 Å². The van der Waals surface area contributed by atoms with Crippen LogP contribution in [0, 0.1) is 5.92 Å². The molecule has 1 aromatic heterocycles. The molecule has 0 unspecified atom stereocenters. The van der Waals surface area contributed by atoms with E-state index >= 15 is 0 Å². The van der Waals surface area contributed by atoms with Crippen molar-refractivity contribution >= 4 is 23.3 Å². The number of alkyl halides is 3. The average Bonchev–Trinajstić information content (AvgIpc) is 3.16. The van der Waals surface area contributed by atoms with Gasteiger partial charge in [-0.1, -0.05) is 25.4 Å². The van der Waals surface area contributed by atoms with Crippen molar-refractivity contribution in [2.75, 3.05) is 11.9 Å². The molecule has 9 heteroatoms. The standard InChI is InChI=1S/C21H26ClF3N4O/c1-12(2)18-10-19(29-28-18)26-11-13-3-6-15(7-4-13)27-20(30)16-9-14(21(23,24)25)5-8-17(16)22/h5,8-10,12-13,15H,3-4,6-7,11H2,1-2H3,(H,27,30)(H2,26,28,29)/t13-,15-. The minimum Gasteiger partial charge on any atom is -0.368 e. The second-order valence-electron chi connectivity index (χ2n) is 8.13. The molecule has 0 atom stereocenters. The molecule has 5 nitrogen and oxygen atoms in total. The van der Waals surface area contributed by atoms with Crippen molar-refractivity contribution in [1.82, 2.24) is 15.5 Å². The van der Waals surface area contributed by atoms with E-state index in [0.29, 0.717) is 11.8 Å². The number of carbonyl (C=O) groups is 1. The number of benzene rings is 1. The molecular formula is C21H26ClF3N4O. The predicted molar refractivity (Wildman–Crippen MR) is 111 cm³/mol. The maximum absolute atomic E-state index is 12.9. The molecule has 0 spiro atoms. The molecular weight excluding hydrogens is 417 g/mol. The van der Waals surface area contributed by atoms with E-state index in [2.05, 4.69) is 34.7 Å². The Hall–Kier alpha value is -2.22. The normalized spacial score (nSPS) is 19.7. The monoisotopic (exact) mass is 442 g/mol. The molecule has 2 aromatic rings. The van der Waals surface area contributed by atoms with Gasteiger partial charge in [-0.05, 0) is 55.7 Å². The summed E-state index contributed by atoms with van der Waals surface area (Å²) in [4.78, 5) is 12.5. The lowest BCUT2D eigenvalue weighted by Gasteiger charge is -2.29. The number of nitrogens with zero attached hydrogens (tertiary/aromatic N) is 1. The fraction of sp³-hybridized carbons (Fsp3) is 0.524. The highest BCUT2D eigenvalue weighted by Gasteiger charge is 2.32. The van der Waals surface area contributed by atoms with Gasteiger partial charge < -0.3 is 10.6 Å². The summed E-state index contributed by atoms with van der Waals surface area (Å²) >= 11 is 5.96. The van der Waals surface area contributed by atoms with E-state index in [-0.39, 0.29) is 16.6 Å². The van der Waals surface area contributed by atoms with Gasteiger partial charge in [-0.3, -0.25) is 9.89 Å². The Morgan fingerprint density at radius 2 is 1.93 bits per heavy atom. The van der Waals surface area contributed by atoms with Crippen LogP contribution < -0.4 is 10.6 Å². The van der Waals surface area contributed by atoms with Crippen LogP contribution in [0.25, 0.3) is 0 Å². The SMILES string of the molecule is CC(C)c1cc(NC[C@H]2CC[C@H](NC(=O)c3cc(C(F)(F)F)ccc3Cl)CC2)n[nH]1. The molecule has 1 aliphatic carbocycles. The molecule has 0 saturated heterocycles. The quantitative estimate of drug-likeness (QED) is 0.545. The first-order chi connectivity index (χ1) is 14.1. The van der Waals surface area contributed by atoms with Gasteiger partial charge in [0.25, 0.3) is 5.91 Å². The molecule has 1 aliphatic rings. The number of amides is 1. The molecule has 1 fully saturated rings. The highest BCUT2D eigenvalue weighted by molar-refractivity contribution is 6.33. The molecule has 3 N–H and O–H groups in total. The zero-order chi connectivity index (χ0) is 21.9. The van der Waals surface area contributed by atoms with Crippen molar-refractivity contribution < 1.29 is 18.0 Å². The lowest BCUT2D eigenvalue weighted by atomic mass is 9.86. The third-order valence-corrected chi connectivity index (χ3v) is 5.84. The van der Waals surface area contributed by atoms with Crippen LogP contribution >= 0.6 is 11.6 Å². The number of H-pyrrole nitrogens is 1. The zero-order valence-corrected chi connectivity index (χ0v) is 17.7. The zero-order valence-electron chi connectivity index (χ0n) is 16.9. The van der Waals surface area contributed by atoms with E-state index in [1.54, 1.807) is 0 Å². The Morgan fingerprint density at radius 3 is 2.53 bits per heavy atom. The van der Waals surface area contributed by atoms with Gasteiger partial charge in [0, 0.05) is 24.3 Å². The van der Waals surface area contributed by atoms with Crippen molar-refractivity contribution in [1.29, 1.82) is 0 Å². The van der Waals surface area contributed by atoms with E-state index in [4.69, 9.17) is 11.6 Å². The Morgan fingerprint density at radius 1 is 1.23 bits per heavy atom. The Labute approximate surface area is 178 Å². The summed E-state index contributed by atoms with van der Waals surface area (Å²) in [5, 5.41) is 13.5. The molecule has 0 aliphatic heterocycles. The van der Waals surface area contributed by atoms with Crippen LogP contribution in [0.4, 0.5) is 19.0 Å². The van der Waals surface area contributed by atoms with Crippen molar-refractivity contribution in [3.8, 4) is 0 Å². The number of carbonyl (C=O) groups excluding carboxylic acids is 1. The first-order valence-electron chi connectivity index (χ1n) is 10.1. The predicted octanol–water partition coefficient (Wildman–Crippen LogP) is 5.61. The summed E-state index contributed by atoms with van der Waals surface area (Å²) in [6, 6.07) is 4.73. The molecule has 0 radical (unpaired) electrons. The second kappa shape index (κ2) is 9.29. The number of rotatable bonds is 6. The van der Waals surface area contributed by atoms with E-state index in [0.717, 1.165) is 61.9 Å². The Kier molecular flexibility index (Phi) is 6.95. The highest BCUT2D eigenvalue weighted by Crippen LogP contribution is 2.32. The summed E-state index contributed by atoms with van der Waals surface area (Å²) in [5.41, 5.74) is 0.0535. The highest BCUT2D eigenvalue weighted by atomic mass is 35.5. The molecule has 1 saturated carbocycles. The van der Waals surface area contributed by atoms with Crippen LogP contribution in [0.15, 0.2) is 24.3 Å². The summed E-state index contributed by atoms with van der Waals surface area (Å²) in [6.07, 6.45) is -1.15. The van der Waals surface area contributed by atoms with Gasteiger partial charge in [-0.25, -0.2) is 0 Å². The smallest absolute Gasteiger partial charge is 0.368 e. The van der Waals surface area contributed by atoms with Gasteiger partial charge in [0.2, 0.25) is 0 Å². The van der Waals surface area contributed by atoms with Gasteiger partial charge in [0.15, 0.2) is 0 Å². The summed E-state index contributed by atoms with van der Waals surface area (Å²) in [5.74, 6) is 1.10. The van der Waals surface area contributed by atoms with E-state index in [1.165, 1.54) is 0 Å². The lowest BCUT2D eigenvalue weighted by molar-refractivity contribution is -0.137. The largest absolute Gasteiger partial charge is 0.416 e. The van der Waals surface area contributed by atoms with Gasteiger partial charge in [-0.2, -0.15) is 18.3 Å². The molecule has 30 heavy (non-hydrogen) atoms. The maximum Gasteiger partial charge on any atom is 0.416 e. The fourth-order valence-corrected chi connectivity index (χ4v) is 3.82. The molecule has 3 rings (SSSR count). The van der Waals surface area contributed by atoms with E-state index in [1.807, 2.05) is 6.07 Å².